The molecule has 0 aromatic rings. The molecule has 36 heavy (non-hydrogen) atoms. The number of aliphatic carboxylic acids is 3. The zero-order chi connectivity index (χ0) is 28.7. The van der Waals surface area contributed by atoms with E-state index in [-0.39, 0.29) is 19.8 Å². The number of carboxylic acid groups (broad SMARTS) is 3. The van der Waals surface area contributed by atoms with Gasteiger partial charge < -0.3 is 30.6 Å². The van der Waals surface area contributed by atoms with E-state index in [9.17, 15) is 14.4 Å². The molecule has 0 unspecified atom stereocenters. The first-order valence-electron chi connectivity index (χ1n) is 13.5. The number of hydrogen-bond donors (Lipinski definition) is 6. The summed E-state index contributed by atoms with van der Waals surface area (Å²) in [6.07, 6.45) is 14.3. The number of carbonyl (C=O) groups is 3. The van der Waals surface area contributed by atoms with Crippen LogP contribution in [0.15, 0.2) is 0 Å². The standard InChI is InChI=1S/3C7H14O2.C6H14O3/c3*1-2-3-4-5-6-7(8)9;1-2-6(3-7,4-8)5-9/h3*2-6H2,1H3,(H,8,9);7-9H,2-5H2,1H3. The van der Waals surface area contributed by atoms with E-state index in [0.717, 1.165) is 57.8 Å². The molecule has 0 saturated heterocycles. The Balaban J connectivity index is -0.000000190. The normalized spacial score (nSPS) is 10.1. The van der Waals surface area contributed by atoms with Crippen molar-refractivity contribution in [3.8, 4) is 0 Å². The van der Waals surface area contributed by atoms with Gasteiger partial charge in [0.2, 0.25) is 0 Å². The molecule has 0 spiro atoms. The lowest BCUT2D eigenvalue weighted by atomic mass is 9.88. The van der Waals surface area contributed by atoms with Gasteiger partial charge in [0.15, 0.2) is 0 Å². The lowest BCUT2D eigenvalue weighted by Gasteiger charge is -2.24. The molecule has 0 aliphatic heterocycles. The Morgan fingerprint density at radius 1 is 0.472 bits per heavy atom. The first-order chi connectivity index (χ1) is 17.1. The number of rotatable bonds is 19. The summed E-state index contributed by atoms with van der Waals surface area (Å²) in [5.74, 6) is -2.02. The van der Waals surface area contributed by atoms with Crippen molar-refractivity contribution in [2.75, 3.05) is 19.8 Å². The van der Waals surface area contributed by atoms with Crippen LogP contribution in [0.2, 0.25) is 0 Å². The van der Waals surface area contributed by atoms with Crippen molar-refractivity contribution in [3.05, 3.63) is 0 Å². The molecule has 0 atom stereocenters. The van der Waals surface area contributed by atoms with Gasteiger partial charge in [0.1, 0.15) is 0 Å². The Kier molecular flexibility index (Phi) is 38.3. The highest BCUT2D eigenvalue weighted by molar-refractivity contribution is 5.67. The smallest absolute Gasteiger partial charge is 0.303 e. The van der Waals surface area contributed by atoms with Gasteiger partial charge in [0.25, 0.3) is 0 Å². The van der Waals surface area contributed by atoms with Crippen LogP contribution in [-0.4, -0.2) is 68.4 Å². The third-order valence-corrected chi connectivity index (χ3v) is 5.49. The molecule has 9 nitrogen and oxygen atoms in total. The second-order valence-electron chi connectivity index (χ2n) is 8.94. The number of hydrogen-bond acceptors (Lipinski definition) is 6. The Bertz CT molecular complexity index is 408. The summed E-state index contributed by atoms with van der Waals surface area (Å²) >= 11 is 0. The van der Waals surface area contributed by atoms with Gasteiger partial charge in [-0.15, -0.1) is 0 Å². The maximum Gasteiger partial charge on any atom is 0.303 e. The number of unbranched alkanes of at least 4 members (excludes halogenated alkanes) is 9. The zero-order valence-electron chi connectivity index (χ0n) is 23.3. The van der Waals surface area contributed by atoms with Crippen LogP contribution in [0.3, 0.4) is 0 Å². The number of aliphatic hydroxyl groups is 3. The summed E-state index contributed by atoms with van der Waals surface area (Å²) < 4.78 is 0. The molecule has 0 aromatic heterocycles. The molecule has 0 aliphatic rings. The van der Waals surface area contributed by atoms with Crippen LogP contribution in [0, 0.1) is 5.41 Å². The Morgan fingerprint density at radius 3 is 0.833 bits per heavy atom. The highest BCUT2D eigenvalue weighted by Gasteiger charge is 2.24. The van der Waals surface area contributed by atoms with Crippen molar-refractivity contribution in [2.24, 2.45) is 5.41 Å². The molecular weight excluding hydrogens is 468 g/mol. The lowest BCUT2D eigenvalue weighted by Crippen LogP contribution is -2.32. The van der Waals surface area contributed by atoms with Crippen molar-refractivity contribution in [3.63, 3.8) is 0 Å². The van der Waals surface area contributed by atoms with Crippen LogP contribution in [0.4, 0.5) is 0 Å². The fourth-order valence-electron chi connectivity index (χ4n) is 2.59. The maximum atomic E-state index is 9.96. The van der Waals surface area contributed by atoms with E-state index in [1.807, 2.05) is 6.92 Å². The molecule has 0 aliphatic carbocycles. The number of aliphatic hydroxyl groups excluding tert-OH is 3. The van der Waals surface area contributed by atoms with Crippen molar-refractivity contribution >= 4 is 17.9 Å². The summed E-state index contributed by atoms with van der Waals surface area (Å²) in [6.45, 7) is 7.69. The fraction of sp³-hybridized carbons (Fsp3) is 0.889. The topological polar surface area (TPSA) is 173 Å². The monoisotopic (exact) mass is 524 g/mol. The van der Waals surface area contributed by atoms with Crippen molar-refractivity contribution < 1.29 is 45.0 Å². The molecule has 9 heteroatoms. The van der Waals surface area contributed by atoms with Crippen LogP contribution >= 0.6 is 0 Å². The SMILES string of the molecule is CCC(CO)(CO)CO.CCCCCCC(=O)O.CCCCCCC(=O)O.CCCCCCC(=O)O. The van der Waals surface area contributed by atoms with Crippen LogP contribution < -0.4 is 0 Å². The van der Waals surface area contributed by atoms with Gasteiger partial charge in [0.05, 0.1) is 19.8 Å². The minimum Gasteiger partial charge on any atom is -0.481 e. The quantitative estimate of drug-likeness (QED) is 0.120. The van der Waals surface area contributed by atoms with Crippen LogP contribution in [0.25, 0.3) is 0 Å². The van der Waals surface area contributed by atoms with E-state index >= 15 is 0 Å². The lowest BCUT2D eigenvalue weighted by molar-refractivity contribution is -0.138. The van der Waals surface area contributed by atoms with Gasteiger partial charge in [-0.1, -0.05) is 85.5 Å². The van der Waals surface area contributed by atoms with Crippen LogP contribution in [0.1, 0.15) is 130 Å². The summed E-state index contributed by atoms with van der Waals surface area (Å²) in [7, 11) is 0. The molecule has 0 heterocycles. The summed E-state index contributed by atoms with van der Waals surface area (Å²) in [6, 6.07) is 0. The Morgan fingerprint density at radius 2 is 0.722 bits per heavy atom. The Hall–Kier alpha value is -1.71. The van der Waals surface area contributed by atoms with E-state index in [2.05, 4.69) is 20.8 Å². The van der Waals surface area contributed by atoms with Gasteiger partial charge in [-0.25, -0.2) is 0 Å². The third-order valence-electron chi connectivity index (χ3n) is 5.49. The molecule has 0 radical (unpaired) electrons. The molecule has 0 amide bonds. The van der Waals surface area contributed by atoms with Gasteiger partial charge in [-0.05, 0) is 25.7 Å². The fourth-order valence-corrected chi connectivity index (χ4v) is 2.59. The highest BCUT2D eigenvalue weighted by Crippen LogP contribution is 2.18. The molecule has 6 N–H and O–H groups in total. The largest absolute Gasteiger partial charge is 0.481 e. The van der Waals surface area contributed by atoms with Crippen molar-refractivity contribution in [1.29, 1.82) is 0 Å². The molecule has 218 valence electrons. The van der Waals surface area contributed by atoms with Crippen molar-refractivity contribution in [1.82, 2.24) is 0 Å². The first-order valence-corrected chi connectivity index (χ1v) is 13.5. The van der Waals surface area contributed by atoms with Gasteiger partial charge in [-0.3, -0.25) is 14.4 Å². The maximum absolute atomic E-state index is 9.96. The van der Waals surface area contributed by atoms with E-state index < -0.39 is 23.3 Å². The average molecular weight is 525 g/mol. The minimum absolute atomic E-state index is 0.156. The van der Waals surface area contributed by atoms with E-state index in [1.54, 1.807) is 0 Å². The van der Waals surface area contributed by atoms with Crippen LogP contribution in [-0.2, 0) is 14.4 Å². The number of carboxylic acids is 3. The van der Waals surface area contributed by atoms with E-state index in [4.69, 9.17) is 30.6 Å². The second-order valence-corrected chi connectivity index (χ2v) is 8.94. The summed E-state index contributed by atoms with van der Waals surface area (Å²) in [4.78, 5) is 29.9. The van der Waals surface area contributed by atoms with Crippen LogP contribution in [0.5, 0.6) is 0 Å². The first kappa shape index (κ1) is 41.4. The zero-order valence-corrected chi connectivity index (χ0v) is 23.3. The molecule has 0 saturated carbocycles. The van der Waals surface area contributed by atoms with E-state index in [1.165, 1.54) is 19.3 Å². The van der Waals surface area contributed by atoms with Gasteiger partial charge in [-0.2, -0.15) is 0 Å². The predicted octanol–water partition coefficient (Wildman–Crippen LogP) is 5.48. The van der Waals surface area contributed by atoms with Gasteiger partial charge >= 0.3 is 17.9 Å². The Labute approximate surface area is 218 Å². The van der Waals surface area contributed by atoms with Gasteiger partial charge in [0, 0.05) is 24.7 Å². The minimum atomic E-state index is -0.675. The molecule has 0 rings (SSSR count). The highest BCUT2D eigenvalue weighted by atomic mass is 16.4. The average Bonchev–Trinajstić information content (AvgIpc) is 2.85. The molecular formula is C27H56O9. The molecule has 0 bridgehead atoms. The molecule has 0 fully saturated rings. The molecule has 0 aromatic carbocycles. The van der Waals surface area contributed by atoms with Crippen molar-refractivity contribution in [2.45, 2.75) is 130 Å². The summed E-state index contributed by atoms with van der Waals surface area (Å²) in [5, 5.41) is 50.6. The third kappa shape index (κ3) is 39.5. The predicted molar refractivity (Wildman–Crippen MR) is 143 cm³/mol. The second kappa shape index (κ2) is 33.3. The van der Waals surface area contributed by atoms with E-state index in [0.29, 0.717) is 25.7 Å². The summed E-state index contributed by atoms with van der Waals surface area (Å²) in [5.41, 5.74) is -0.667.